The summed E-state index contributed by atoms with van der Waals surface area (Å²) in [6, 6.07) is 16.2. The summed E-state index contributed by atoms with van der Waals surface area (Å²) in [6.45, 7) is 0.813. The van der Waals surface area contributed by atoms with Crippen molar-refractivity contribution in [3.05, 3.63) is 60.2 Å². The van der Waals surface area contributed by atoms with E-state index in [4.69, 9.17) is 4.74 Å². The number of nitrogens with one attached hydrogen (secondary N) is 2. The highest BCUT2D eigenvalue weighted by molar-refractivity contribution is 7.89. The lowest BCUT2D eigenvalue weighted by Gasteiger charge is -2.09. The molecular weight excluding hydrogens is 364 g/mol. The lowest BCUT2D eigenvalue weighted by atomic mass is 10.1. The Morgan fingerprint density at radius 2 is 1.70 bits per heavy atom. The quantitative estimate of drug-likeness (QED) is 0.578. The highest BCUT2D eigenvalue weighted by Gasteiger charge is 2.13. The third kappa shape index (κ3) is 7.50. The van der Waals surface area contributed by atoms with Gasteiger partial charge >= 0.3 is 0 Å². The van der Waals surface area contributed by atoms with Crippen LogP contribution in [0.5, 0.6) is 0 Å². The fraction of sp³-hybridized carbons (Fsp3) is 0.350. The van der Waals surface area contributed by atoms with Gasteiger partial charge < -0.3 is 10.1 Å². The van der Waals surface area contributed by atoms with Gasteiger partial charge in [0.05, 0.1) is 4.90 Å². The van der Waals surface area contributed by atoms with Crippen molar-refractivity contribution in [3.8, 4) is 0 Å². The van der Waals surface area contributed by atoms with Crippen molar-refractivity contribution >= 4 is 21.6 Å². The topological polar surface area (TPSA) is 84.5 Å². The maximum absolute atomic E-state index is 12.2. The second-order valence-corrected chi connectivity index (χ2v) is 7.92. The number of benzene rings is 2. The van der Waals surface area contributed by atoms with Gasteiger partial charge in [-0.05, 0) is 49.1 Å². The normalized spacial score (nSPS) is 11.3. The molecule has 2 aromatic rings. The van der Waals surface area contributed by atoms with Crippen LogP contribution in [-0.4, -0.2) is 34.6 Å². The maximum Gasteiger partial charge on any atom is 0.240 e. The van der Waals surface area contributed by atoms with E-state index in [1.54, 1.807) is 19.2 Å². The van der Waals surface area contributed by atoms with Gasteiger partial charge in [-0.3, -0.25) is 4.79 Å². The molecule has 1 amide bonds. The summed E-state index contributed by atoms with van der Waals surface area (Å²) in [7, 11) is -1.98. The van der Waals surface area contributed by atoms with E-state index in [9.17, 15) is 13.2 Å². The molecule has 27 heavy (non-hydrogen) atoms. The molecule has 6 nitrogen and oxygen atoms in total. The molecule has 146 valence electrons. The van der Waals surface area contributed by atoms with Crippen LogP contribution in [-0.2, 0) is 26.0 Å². The predicted octanol–water partition coefficient (Wildman–Crippen LogP) is 2.96. The molecule has 0 heterocycles. The molecule has 0 spiro atoms. The van der Waals surface area contributed by atoms with Crippen molar-refractivity contribution in [1.82, 2.24) is 4.72 Å². The Morgan fingerprint density at radius 1 is 1.00 bits per heavy atom. The second kappa shape index (κ2) is 10.8. The smallest absolute Gasteiger partial charge is 0.240 e. The Labute approximate surface area is 161 Å². The number of carbonyl (C=O) groups excluding carboxylic acids is 1. The van der Waals surface area contributed by atoms with Crippen LogP contribution >= 0.6 is 0 Å². The minimum absolute atomic E-state index is 0.0840. The Kier molecular flexibility index (Phi) is 8.44. The second-order valence-electron chi connectivity index (χ2n) is 6.16. The third-order valence-corrected chi connectivity index (χ3v) is 5.45. The molecule has 7 heteroatoms. The molecule has 0 aliphatic rings. The van der Waals surface area contributed by atoms with Crippen molar-refractivity contribution in [2.45, 2.75) is 30.6 Å². The minimum atomic E-state index is -3.55. The van der Waals surface area contributed by atoms with Crippen LogP contribution < -0.4 is 10.0 Å². The van der Waals surface area contributed by atoms with Gasteiger partial charge in [0, 0.05) is 32.4 Å². The van der Waals surface area contributed by atoms with Crippen LogP contribution in [0.4, 0.5) is 5.69 Å². The molecule has 0 aromatic heterocycles. The first-order valence-corrected chi connectivity index (χ1v) is 10.4. The first kappa shape index (κ1) is 21.1. The number of hydrogen-bond donors (Lipinski definition) is 2. The van der Waals surface area contributed by atoms with Crippen LogP contribution in [0.1, 0.15) is 24.8 Å². The number of carbonyl (C=O) groups is 1. The fourth-order valence-electron chi connectivity index (χ4n) is 2.55. The molecule has 0 saturated heterocycles. The summed E-state index contributed by atoms with van der Waals surface area (Å²) in [5.74, 6) is -0.0840. The number of anilines is 1. The van der Waals surface area contributed by atoms with Crippen molar-refractivity contribution in [3.63, 3.8) is 0 Å². The number of ether oxygens (including phenoxy) is 1. The molecule has 0 saturated carbocycles. The van der Waals surface area contributed by atoms with E-state index in [2.05, 4.69) is 10.0 Å². The molecule has 0 aliphatic carbocycles. The highest BCUT2D eigenvalue weighted by atomic mass is 32.2. The summed E-state index contributed by atoms with van der Waals surface area (Å²) in [6.07, 6.45) is 2.62. The van der Waals surface area contributed by atoms with E-state index >= 15 is 0 Å². The van der Waals surface area contributed by atoms with Gasteiger partial charge in [-0.25, -0.2) is 13.1 Å². The number of methoxy groups -OCH3 is 1. The van der Waals surface area contributed by atoms with E-state index in [1.807, 2.05) is 30.3 Å². The molecule has 2 N–H and O–H groups in total. The Hall–Kier alpha value is -2.22. The summed E-state index contributed by atoms with van der Waals surface area (Å²) < 4.78 is 31.7. The zero-order chi connectivity index (χ0) is 19.5. The van der Waals surface area contributed by atoms with Crippen molar-refractivity contribution in [1.29, 1.82) is 0 Å². The summed E-state index contributed by atoms with van der Waals surface area (Å²) in [5, 5.41) is 2.80. The summed E-state index contributed by atoms with van der Waals surface area (Å²) >= 11 is 0. The van der Waals surface area contributed by atoms with Gasteiger partial charge in [-0.1, -0.05) is 30.3 Å². The first-order valence-electron chi connectivity index (χ1n) is 8.94. The lowest BCUT2D eigenvalue weighted by molar-refractivity contribution is -0.116. The molecule has 0 fully saturated rings. The average Bonchev–Trinajstić information content (AvgIpc) is 2.66. The van der Waals surface area contributed by atoms with Gasteiger partial charge in [-0.2, -0.15) is 0 Å². The number of rotatable bonds is 11. The fourth-order valence-corrected chi connectivity index (χ4v) is 3.62. The molecular formula is C20H26N2O4S. The third-order valence-electron chi connectivity index (χ3n) is 3.98. The number of sulfonamides is 1. The number of hydrogen-bond acceptors (Lipinski definition) is 4. The average molecular weight is 391 g/mol. The molecule has 0 unspecified atom stereocenters. The van der Waals surface area contributed by atoms with Crippen LogP contribution in [0.15, 0.2) is 59.5 Å². The minimum Gasteiger partial charge on any atom is -0.385 e. The summed E-state index contributed by atoms with van der Waals surface area (Å²) in [4.78, 5) is 12.2. The van der Waals surface area contributed by atoms with Crippen LogP contribution in [0.2, 0.25) is 0 Å². The van der Waals surface area contributed by atoms with E-state index in [0.717, 1.165) is 12.8 Å². The van der Waals surface area contributed by atoms with Gasteiger partial charge in [0.2, 0.25) is 15.9 Å². The van der Waals surface area contributed by atoms with E-state index in [1.165, 1.54) is 17.7 Å². The molecule has 0 atom stereocenters. The summed E-state index contributed by atoms with van der Waals surface area (Å²) in [5.41, 5.74) is 1.79. The van der Waals surface area contributed by atoms with Gasteiger partial charge in [0.15, 0.2) is 0 Å². The largest absolute Gasteiger partial charge is 0.385 e. The Balaban J connectivity index is 1.79. The van der Waals surface area contributed by atoms with Gasteiger partial charge in [-0.15, -0.1) is 0 Å². The van der Waals surface area contributed by atoms with E-state index in [-0.39, 0.29) is 10.8 Å². The highest BCUT2D eigenvalue weighted by Crippen LogP contribution is 2.15. The van der Waals surface area contributed by atoms with Gasteiger partial charge in [0.25, 0.3) is 0 Å². The number of aryl methyl sites for hydroxylation is 1. The monoisotopic (exact) mass is 390 g/mol. The molecule has 2 aromatic carbocycles. The standard InChI is InChI=1S/C20H26N2O4S/c1-26-16-6-15-21-27(24,25)19-13-11-18(12-14-19)22-20(23)10-5-9-17-7-3-2-4-8-17/h2-4,7-8,11-14,21H,5-6,9-10,15-16H2,1H3,(H,22,23). The zero-order valence-electron chi connectivity index (χ0n) is 15.5. The Morgan fingerprint density at radius 3 is 2.37 bits per heavy atom. The predicted molar refractivity (Wildman–Crippen MR) is 106 cm³/mol. The Bertz CT molecular complexity index is 806. The van der Waals surface area contributed by atoms with E-state index < -0.39 is 10.0 Å². The SMILES string of the molecule is COCCCNS(=O)(=O)c1ccc(NC(=O)CCCc2ccccc2)cc1. The van der Waals surface area contributed by atoms with Crippen LogP contribution in [0, 0.1) is 0 Å². The van der Waals surface area contributed by atoms with Crippen molar-refractivity contribution in [2.75, 3.05) is 25.6 Å². The van der Waals surface area contributed by atoms with Crippen molar-refractivity contribution < 1.29 is 17.9 Å². The molecule has 0 bridgehead atoms. The number of amides is 1. The van der Waals surface area contributed by atoms with Crippen LogP contribution in [0.3, 0.4) is 0 Å². The maximum atomic E-state index is 12.2. The van der Waals surface area contributed by atoms with Crippen LogP contribution in [0.25, 0.3) is 0 Å². The molecule has 2 rings (SSSR count). The lowest BCUT2D eigenvalue weighted by Crippen LogP contribution is -2.25. The van der Waals surface area contributed by atoms with Gasteiger partial charge in [0.1, 0.15) is 0 Å². The molecule has 0 aliphatic heterocycles. The molecule has 0 radical (unpaired) electrons. The van der Waals surface area contributed by atoms with E-state index in [0.29, 0.717) is 31.7 Å². The first-order chi connectivity index (χ1) is 13.0. The van der Waals surface area contributed by atoms with Crippen molar-refractivity contribution in [2.24, 2.45) is 0 Å². The zero-order valence-corrected chi connectivity index (χ0v) is 16.3.